The lowest BCUT2D eigenvalue weighted by Crippen LogP contribution is -2.34. The average Bonchev–Trinajstić information content (AvgIpc) is 3.59. The zero-order valence-corrected chi connectivity index (χ0v) is 20.6. The number of hydrogen-bond acceptors (Lipinski definition) is 4. The average molecular weight is 497 g/mol. The first-order valence-electron chi connectivity index (χ1n) is 11.5. The van der Waals surface area contributed by atoms with Crippen LogP contribution in [0, 0.1) is 5.92 Å². The van der Waals surface area contributed by atoms with Crippen molar-refractivity contribution in [3.8, 4) is 5.75 Å². The molecule has 2 aliphatic carbocycles. The van der Waals surface area contributed by atoms with Crippen LogP contribution < -0.4 is 10.5 Å². The molecule has 0 heterocycles. The molecule has 0 saturated heterocycles. The van der Waals surface area contributed by atoms with E-state index in [1.807, 2.05) is 24.3 Å². The fraction of sp³-hybridized carbons (Fsp3) is 0.520. The van der Waals surface area contributed by atoms with E-state index in [4.69, 9.17) is 33.7 Å². The smallest absolute Gasteiger partial charge is 0.150 e. The molecule has 4 rings (SSSR count). The Balaban J connectivity index is 1.37. The minimum Gasteiger partial charge on any atom is -0.494 e. The fourth-order valence-electron chi connectivity index (χ4n) is 4.50. The predicted octanol–water partition coefficient (Wildman–Crippen LogP) is 5.58. The van der Waals surface area contributed by atoms with E-state index in [-0.39, 0.29) is 17.7 Å². The summed E-state index contributed by atoms with van der Waals surface area (Å²) in [5, 5.41) is 1.10. The van der Waals surface area contributed by atoms with Gasteiger partial charge in [0.1, 0.15) is 15.6 Å². The van der Waals surface area contributed by atoms with Gasteiger partial charge in [-0.2, -0.15) is 0 Å². The Morgan fingerprint density at radius 2 is 1.81 bits per heavy atom. The lowest BCUT2D eigenvalue weighted by Gasteiger charge is -2.32. The highest BCUT2D eigenvalue weighted by Gasteiger charge is 2.28. The van der Waals surface area contributed by atoms with Crippen LogP contribution in [0.3, 0.4) is 0 Å². The summed E-state index contributed by atoms with van der Waals surface area (Å²) in [5.41, 5.74) is 10.1. The Kier molecular flexibility index (Phi) is 7.71. The molecule has 2 aromatic rings. The first kappa shape index (κ1) is 23.9. The van der Waals surface area contributed by atoms with Gasteiger partial charge in [-0.3, -0.25) is 0 Å². The lowest BCUT2D eigenvalue weighted by molar-refractivity contribution is 0.316. The largest absolute Gasteiger partial charge is 0.494 e. The summed E-state index contributed by atoms with van der Waals surface area (Å²) in [6.45, 7) is 0.394. The summed E-state index contributed by atoms with van der Waals surface area (Å²) in [7, 11) is -2.98. The van der Waals surface area contributed by atoms with Gasteiger partial charge in [-0.25, -0.2) is 8.42 Å². The number of nitrogens with two attached hydrogens (primary N) is 1. The van der Waals surface area contributed by atoms with Crippen molar-refractivity contribution in [2.24, 2.45) is 11.7 Å². The van der Waals surface area contributed by atoms with Crippen LogP contribution in [-0.2, 0) is 22.7 Å². The molecule has 0 amide bonds. The normalized spacial score (nSPS) is 20.7. The van der Waals surface area contributed by atoms with Gasteiger partial charge >= 0.3 is 0 Å². The molecule has 4 nitrogen and oxygen atoms in total. The Bertz CT molecular complexity index is 1050. The van der Waals surface area contributed by atoms with Gasteiger partial charge in [0.05, 0.1) is 28.2 Å². The second-order valence-corrected chi connectivity index (χ2v) is 12.3. The molecule has 174 valence electrons. The number of aryl methyl sites for hydroxylation is 1. The minimum absolute atomic E-state index is 0.0591. The number of fused-ring (bicyclic) bond motifs is 1. The number of halogens is 2. The van der Waals surface area contributed by atoms with Crippen LogP contribution in [-0.4, -0.2) is 32.6 Å². The molecule has 1 fully saturated rings. The van der Waals surface area contributed by atoms with Gasteiger partial charge in [0.25, 0.3) is 0 Å². The quantitative estimate of drug-likeness (QED) is 0.436. The molecule has 2 aliphatic rings. The summed E-state index contributed by atoms with van der Waals surface area (Å²) >= 11 is 12.3. The Labute approximate surface area is 201 Å². The van der Waals surface area contributed by atoms with Gasteiger partial charge in [-0.1, -0.05) is 48.2 Å². The Hall–Kier alpha value is -1.27. The highest BCUT2D eigenvalue weighted by atomic mass is 35.5. The van der Waals surface area contributed by atoms with Gasteiger partial charge in [-0.15, -0.1) is 0 Å². The van der Waals surface area contributed by atoms with E-state index in [9.17, 15) is 8.42 Å². The first-order chi connectivity index (χ1) is 15.3. The highest BCUT2D eigenvalue weighted by molar-refractivity contribution is 7.91. The van der Waals surface area contributed by atoms with Gasteiger partial charge in [0.2, 0.25) is 0 Å². The number of hydrogen-bond donors (Lipinski definition) is 1. The van der Waals surface area contributed by atoms with E-state index in [0.717, 1.165) is 37.0 Å². The van der Waals surface area contributed by atoms with Crippen molar-refractivity contribution in [1.82, 2.24) is 0 Å². The SMILES string of the molecule is NC1CCc2ccc(OCCCS(=O)(=O)CCC3CC3)cc2C1Cc1ccc(Cl)c(Cl)c1. The molecule has 1 saturated carbocycles. The van der Waals surface area contributed by atoms with Crippen molar-refractivity contribution in [3.05, 3.63) is 63.1 Å². The van der Waals surface area contributed by atoms with Crippen LogP contribution >= 0.6 is 23.2 Å². The predicted molar refractivity (Wildman–Crippen MR) is 132 cm³/mol. The van der Waals surface area contributed by atoms with Crippen molar-refractivity contribution < 1.29 is 13.2 Å². The maximum atomic E-state index is 12.2. The van der Waals surface area contributed by atoms with E-state index in [0.29, 0.717) is 34.7 Å². The van der Waals surface area contributed by atoms with Crippen molar-refractivity contribution in [3.63, 3.8) is 0 Å². The molecular weight excluding hydrogens is 465 g/mol. The van der Waals surface area contributed by atoms with Crippen molar-refractivity contribution in [1.29, 1.82) is 0 Å². The van der Waals surface area contributed by atoms with Crippen LogP contribution in [0.2, 0.25) is 10.0 Å². The molecule has 0 aromatic heterocycles. The van der Waals surface area contributed by atoms with Gasteiger partial charge < -0.3 is 10.5 Å². The lowest BCUT2D eigenvalue weighted by atomic mass is 9.76. The third-order valence-electron chi connectivity index (χ3n) is 6.62. The number of sulfone groups is 1. The van der Waals surface area contributed by atoms with Gasteiger partial charge in [0.15, 0.2) is 0 Å². The maximum Gasteiger partial charge on any atom is 0.150 e. The van der Waals surface area contributed by atoms with Gasteiger partial charge in [0, 0.05) is 12.0 Å². The van der Waals surface area contributed by atoms with Crippen molar-refractivity contribution in [2.45, 2.75) is 56.9 Å². The molecule has 0 spiro atoms. The minimum atomic E-state index is -2.98. The Morgan fingerprint density at radius 1 is 1.00 bits per heavy atom. The van der Waals surface area contributed by atoms with Crippen molar-refractivity contribution >= 4 is 33.0 Å². The summed E-state index contributed by atoms with van der Waals surface area (Å²) in [6.07, 6.45) is 6.38. The molecule has 0 radical (unpaired) electrons. The molecule has 2 aromatic carbocycles. The topological polar surface area (TPSA) is 69.4 Å². The van der Waals surface area contributed by atoms with E-state index in [1.165, 1.54) is 24.0 Å². The summed E-state index contributed by atoms with van der Waals surface area (Å²) < 4.78 is 30.3. The van der Waals surface area contributed by atoms with Crippen LogP contribution in [0.1, 0.15) is 54.7 Å². The van der Waals surface area contributed by atoms with Crippen molar-refractivity contribution in [2.75, 3.05) is 18.1 Å². The number of ether oxygens (including phenoxy) is 1. The molecule has 2 unspecified atom stereocenters. The summed E-state index contributed by atoms with van der Waals surface area (Å²) in [4.78, 5) is 0. The van der Waals surface area contributed by atoms with Crippen LogP contribution in [0.25, 0.3) is 0 Å². The summed E-state index contributed by atoms with van der Waals surface area (Å²) in [6, 6.07) is 12.0. The third kappa shape index (κ3) is 6.40. The van der Waals surface area contributed by atoms with E-state index in [2.05, 4.69) is 12.1 Å². The molecule has 0 aliphatic heterocycles. The molecule has 7 heteroatoms. The van der Waals surface area contributed by atoms with E-state index in [1.54, 1.807) is 0 Å². The van der Waals surface area contributed by atoms with E-state index >= 15 is 0 Å². The second kappa shape index (κ2) is 10.3. The monoisotopic (exact) mass is 495 g/mol. The standard InChI is InChI=1S/C25H31Cl2NO3S/c26-23-8-4-18(15-24(23)27)14-22-21-16-20(7-5-19(21)6-9-25(22)28)31-11-1-12-32(29,30)13-10-17-2-3-17/h4-5,7-8,15-17,22,25H,1-3,6,9-14,28H2. The molecule has 0 bridgehead atoms. The fourth-order valence-corrected chi connectivity index (χ4v) is 6.27. The zero-order chi connectivity index (χ0) is 22.7. The van der Waals surface area contributed by atoms with Gasteiger partial charge in [-0.05, 0) is 79.0 Å². The molecule has 2 N–H and O–H groups in total. The number of benzene rings is 2. The second-order valence-electron chi connectivity index (χ2n) is 9.21. The summed E-state index contributed by atoms with van der Waals surface area (Å²) in [5.74, 6) is 2.08. The third-order valence-corrected chi connectivity index (χ3v) is 9.13. The zero-order valence-electron chi connectivity index (χ0n) is 18.2. The molecular formula is C25H31Cl2NO3S. The maximum absolute atomic E-state index is 12.2. The molecule has 2 atom stereocenters. The van der Waals surface area contributed by atoms with Crippen LogP contribution in [0.4, 0.5) is 0 Å². The first-order valence-corrected chi connectivity index (χ1v) is 14.0. The van der Waals surface area contributed by atoms with Crippen LogP contribution in [0.5, 0.6) is 5.75 Å². The van der Waals surface area contributed by atoms with E-state index < -0.39 is 9.84 Å². The number of rotatable bonds is 10. The molecule has 32 heavy (non-hydrogen) atoms. The van der Waals surface area contributed by atoms with Crippen LogP contribution in [0.15, 0.2) is 36.4 Å². The highest BCUT2D eigenvalue weighted by Crippen LogP contribution is 2.37. The Morgan fingerprint density at radius 3 is 2.56 bits per heavy atom.